The smallest absolute Gasteiger partial charge is 0.229 e. The zero-order valence-corrected chi connectivity index (χ0v) is 13.0. The van der Waals surface area contributed by atoms with E-state index >= 15 is 0 Å². The van der Waals surface area contributed by atoms with Crippen LogP contribution in [0, 0.1) is 5.92 Å². The molecule has 118 valence electrons. The van der Waals surface area contributed by atoms with E-state index in [1.807, 2.05) is 0 Å². The molecule has 2 fully saturated rings. The molecule has 1 N–H and O–H groups in total. The van der Waals surface area contributed by atoms with E-state index < -0.39 is 0 Å². The van der Waals surface area contributed by atoms with E-state index in [0.29, 0.717) is 5.92 Å². The van der Waals surface area contributed by atoms with Crippen molar-refractivity contribution in [3.05, 3.63) is 11.7 Å². The molecule has 1 heterocycles. The molecule has 0 spiro atoms. The van der Waals surface area contributed by atoms with Crippen LogP contribution in [0.2, 0.25) is 0 Å². The Morgan fingerprint density at radius 2 is 1.81 bits per heavy atom. The molecule has 0 aliphatic heterocycles. The van der Waals surface area contributed by atoms with Crippen molar-refractivity contribution in [2.75, 3.05) is 7.11 Å². The second kappa shape index (κ2) is 6.05. The third-order valence-electron chi connectivity index (χ3n) is 5.37. The quantitative estimate of drug-likeness (QED) is 0.927. The Kier molecular flexibility index (Phi) is 4.31. The topological polar surface area (TPSA) is 68.4 Å². The van der Waals surface area contributed by atoms with Crippen LogP contribution in [0.5, 0.6) is 0 Å². The molecule has 3 rings (SSSR count). The number of ether oxygens (including phenoxy) is 1. The van der Waals surface area contributed by atoms with Crippen LogP contribution in [0.15, 0.2) is 4.52 Å². The third-order valence-corrected chi connectivity index (χ3v) is 5.37. The lowest BCUT2D eigenvalue weighted by atomic mass is 9.79. The summed E-state index contributed by atoms with van der Waals surface area (Å²) in [7, 11) is 1.75. The van der Waals surface area contributed by atoms with Gasteiger partial charge in [-0.3, -0.25) is 0 Å². The van der Waals surface area contributed by atoms with Gasteiger partial charge in [-0.2, -0.15) is 4.98 Å². The van der Waals surface area contributed by atoms with Gasteiger partial charge in [0.2, 0.25) is 11.7 Å². The molecule has 2 aliphatic carbocycles. The standard InChI is InChI=1S/C16H26N2O3/c1-11-7-9-16(20-2,10-8-11)15-17-14(21-18-15)12-3-5-13(19)6-4-12/h11-13,19H,3-10H2,1-2H3. The molecule has 0 bridgehead atoms. The van der Waals surface area contributed by atoms with Crippen LogP contribution in [0.1, 0.15) is 75.9 Å². The maximum atomic E-state index is 9.60. The molecule has 0 amide bonds. The number of rotatable bonds is 3. The summed E-state index contributed by atoms with van der Waals surface area (Å²) in [6, 6.07) is 0. The minimum absolute atomic E-state index is 0.159. The van der Waals surface area contributed by atoms with Gasteiger partial charge in [0.15, 0.2) is 0 Å². The summed E-state index contributed by atoms with van der Waals surface area (Å²) in [5.41, 5.74) is -0.359. The minimum atomic E-state index is -0.359. The highest BCUT2D eigenvalue weighted by Crippen LogP contribution is 2.41. The van der Waals surface area contributed by atoms with Gasteiger partial charge in [0.1, 0.15) is 5.60 Å². The predicted octanol–water partition coefficient (Wildman–Crippen LogP) is 3.14. The molecule has 21 heavy (non-hydrogen) atoms. The van der Waals surface area contributed by atoms with E-state index in [1.54, 1.807) is 7.11 Å². The third kappa shape index (κ3) is 2.99. The van der Waals surface area contributed by atoms with Gasteiger partial charge in [-0.25, -0.2) is 0 Å². The minimum Gasteiger partial charge on any atom is -0.393 e. The Labute approximate surface area is 126 Å². The van der Waals surface area contributed by atoms with Crippen molar-refractivity contribution in [3.8, 4) is 0 Å². The largest absolute Gasteiger partial charge is 0.393 e. The lowest BCUT2D eigenvalue weighted by molar-refractivity contribution is -0.0609. The van der Waals surface area contributed by atoms with Crippen LogP contribution in [-0.4, -0.2) is 28.5 Å². The van der Waals surface area contributed by atoms with Crippen LogP contribution in [0.3, 0.4) is 0 Å². The monoisotopic (exact) mass is 294 g/mol. The zero-order chi connectivity index (χ0) is 14.9. The first-order chi connectivity index (χ1) is 10.1. The molecular weight excluding hydrogens is 268 g/mol. The van der Waals surface area contributed by atoms with Crippen LogP contribution in [0.4, 0.5) is 0 Å². The van der Waals surface area contributed by atoms with E-state index in [-0.39, 0.29) is 11.7 Å². The van der Waals surface area contributed by atoms with Gasteiger partial charge in [0, 0.05) is 13.0 Å². The summed E-state index contributed by atoms with van der Waals surface area (Å²) >= 11 is 0. The van der Waals surface area contributed by atoms with Gasteiger partial charge < -0.3 is 14.4 Å². The van der Waals surface area contributed by atoms with E-state index in [4.69, 9.17) is 9.26 Å². The average molecular weight is 294 g/mol. The first kappa shape index (κ1) is 15.0. The highest BCUT2D eigenvalue weighted by Gasteiger charge is 2.40. The Morgan fingerprint density at radius 1 is 1.14 bits per heavy atom. The van der Waals surface area contributed by atoms with Crippen molar-refractivity contribution in [1.29, 1.82) is 0 Å². The molecule has 1 aromatic rings. The Morgan fingerprint density at radius 3 is 2.43 bits per heavy atom. The lowest BCUT2D eigenvalue weighted by Gasteiger charge is -2.35. The van der Waals surface area contributed by atoms with E-state index in [2.05, 4.69) is 17.1 Å². The number of aliphatic hydroxyl groups excluding tert-OH is 1. The molecular formula is C16H26N2O3. The maximum Gasteiger partial charge on any atom is 0.229 e. The number of nitrogens with zero attached hydrogens (tertiary/aromatic N) is 2. The van der Waals surface area contributed by atoms with Crippen molar-refractivity contribution in [2.24, 2.45) is 5.92 Å². The van der Waals surface area contributed by atoms with Crippen LogP contribution < -0.4 is 0 Å². The van der Waals surface area contributed by atoms with Crippen LogP contribution in [-0.2, 0) is 10.3 Å². The fourth-order valence-electron chi connectivity index (χ4n) is 3.66. The van der Waals surface area contributed by atoms with Crippen molar-refractivity contribution in [1.82, 2.24) is 10.1 Å². The first-order valence-corrected chi connectivity index (χ1v) is 8.20. The van der Waals surface area contributed by atoms with Gasteiger partial charge >= 0.3 is 0 Å². The van der Waals surface area contributed by atoms with Gasteiger partial charge in [-0.15, -0.1) is 0 Å². The van der Waals surface area contributed by atoms with Gasteiger partial charge in [0.25, 0.3) is 0 Å². The van der Waals surface area contributed by atoms with Crippen LogP contribution in [0.25, 0.3) is 0 Å². The molecule has 5 heteroatoms. The number of aliphatic hydroxyl groups is 1. The van der Waals surface area contributed by atoms with Crippen LogP contribution >= 0.6 is 0 Å². The predicted molar refractivity (Wildman–Crippen MR) is 77.8 cm³/mol. The van der Waals surface area contributed by atoms with Crippen molar-refractivity contribution in [2.45, 2.75) is 75.9 Å². The SMILES string of the molecule is COC1(c2noc(C3CCC(O)CC3)n2)CCC(C)CC1. The Bertz CT molecular complexity index is 458. The second-order valence-electron chi connectivity index (χ2n) is 6.84. The van der Waals surface area contributed by atoms with Crippen molar-refractivity contribution in [3.63, 3.8) is 0 Å². The zero-order valence-electron chi connectivity index (χ0n) is 13.0. The Balaban J connectivity index is 1.74. The molecule has 0 aromatic carbocycles. The summed E-state index contributed by atoms with van der Waals surface area (Å²) in [5, 5.41) is 13.8. The lowest BCUT2D eigenvalue weighted by Crippen LogP contribution is -2.34. The normalized spacial score (nSPS) is 37.6. The number of hydrogen-bond donors (Lipinski definition) is 1. The maximum absolute atomic E-state index is 9.60. The van der Waals surface area contributed by atoms with Gasteiger partial charge in [-0.05, 0) is 57.3 Å². The Hall–Kier alpha value is -0.940. The number of aromatic nitrogens is 2. The van der Waals surface area contributed by atoms with E-state index in [0.717, 1.165) is 69.0 Å². The molecule has 0 atom stereocenters. The highest BCUT2D eigenvalue weighted by atomic mass is 16.5. The fourth-order valence-corrected chi connectivity index (χ4v) is 3.66. The molecule has 5 nitrogen and oxygen atoms in total. The van der Waals surface area contributed by atoms with E-state index in [1.165, 1.54) is 0 Å². The second-order valence-corrected chi connectivity index (χ2v) is 6.84. The summed E-state index contributed by atoms with van der Waals surface area (Å²) in [6.45, 7) is 2.29. The molecule has 0 unspecified atom stereocenters. The molecule has 1 aromatic heterocycles. The molecule has 0 saturated heterocycles. The molecule has 0 radical (unpaired) electrons. The van der Waals surface area contributed by atoms with Crippen molar-refractivity contribution >= 4 is 0 Å². The first-order valence-electron chi connectivity index (χ1n) is 8.20. The summed E-state index contributed by atoms with van der Waals surface area (Å²) < 4.78 is 11.3. The van der Waals surface area contributed by atoms with Crippen molar-refractivity contribution < 1.29 is 14.4 Å². The highest BCUT2D eigenvalue weighted by molar-refractivity contribution is 5.06. The molecule has 2 saturated carbocycles. The average Bonchev–Trinajstić information content (AvgIpc) is 3.00. The number of methoxy groups -OCH3 is 1. The van der Waals surface area contributed by atoms with E-state index in [9.17, 15) is 5.11 Å². The fraction of sp³-hybridized carbons (Fsp3) is 0.875. The summed E-state index contributed by atoms with van der Waals surface area (Å²) in [5.74, 6) is 2.50. The van der Waals surface area contributed by atoms with Gasteiger partial charge in [0.05, 0.1) is 6.10 Å². The number of hydrogen-bond acceptors (Lipinski definition) is 5. The van der Waals surface area contributed by atoms with Gasteiger partial charge in [-0.1, -0.05) is 12.1 Å². The molecule has 2 aliphatic rings. The summed E-state index contributed by atoms with van der Waals surface area (Å²) in [6.07, 6.45) is 7.58. The summed E-state index contributed by atoms with van der Waals surface area (Å²) in [4.78, 5) is 4.67.